The number of hydrogen-bond donors (Lipinski definition) is 1. The van der Waals surface area contributed by atoms with E-state index in [1.807, 2.05) is 31.3 Å². The van der Waals surface area contributed by atoms with Gasteiger partial charge in [0.15, 0.2) is 0 Å². The molecule has 86 valence electrons. The second kappa shape index (κ2) is 4.51. The highest BCUT2D eigenvalue weighted by molar-refractivity contribution is 5.87. The fourth-order valence-corrected chi connectivity index (χ4v) is 1.76. The minimum absolute atomic E-state index is 0.931. The van der Waals surface area contributed by atoms with Crippen LogP contribution in [0.5, 0.6) is 0 Å². The minimum atomic E-state index is 0.931. The van der Waals surface area contributed by atoms with Crippen molar-refractivity contribution in [1.29, 1.82) is 0 Å². The van der Waals surface area contributed by atoms with Crippen molar-refractivity contribution in [2.45, 2.75) is 26.2 Å². The third-order valence-electron chi connectivity index (χ3n) is 2.62. The molecule has 0 amide bonds. The first-order chi connectivity index (χ1) is 7.72. The maximum atomic E-state index is 4.60. The molecule has 0 atom stereocenters. The van der Waals surface area contributed by atoms with Crippen molar-refractivity contribution in [1.82, 2.24) is 15.0 Å². The fourth-order valence-electron chi connectivity index (χ4n) is 1.76. The van der Waals surface area contributed by atoms with Gasteiger partial charge in [-0.15, -0.1) is 0 Å². The van der Waals surface area contributed by atoms with Gasteiger partial charge in [0.05, 0.1) is 5.39 Å². The standard InChI is InChI=1S/C12H18N4/c1-4-5-6-10-14-11-9(7-8-13-11)12(15-10)16(2)3/h7-8H,4-6H2,1-3H3,(H,13,14,15). The monoisotopic (exact) mass is 218 g/mol. The van der Waals surface area contributed by atoms with Crippen molar-refractivity contribution in [3.05, 3.63) is 18.1 Å². The number of rotatable bonds is 4. The molecular weight excluding hydrogens is 200 g/mol. The smallest absolute Gasteiger partial charge is 0.143 e. The summed E-state index contributed by atoms with van der Waals surface area (Å²) in [5, 5.41) is 1.09. The van der Waals surface area contributed by atoms with Crippen molar-refractivity contribution in [3.63, 3.8) is 0 Å². The highest BCUT2D eigenvalue weighted by Crippen LogP contribution is 2.21. The van der Waals surface area contributed by atoms with Crippen LogP contribution in [-0.4, -0.2) is 29.0 Å². The van der Waals surface area contributed by atoms with E-state index in [0.29, 0.717) is 0 Å². The molecule has 1 N–H and O–H groups in total. The lowest BCUT2D eigenvalue weighted by Crippen LogP contribution is -2.13. The Labute approximate surface area is 95.7 Å². The van der Waals surface area contributed by atoms with Crippen LogP contribution in [-0.2, 0) is 6.42 Å². The largest absolute Gasteiger partial charge is 0.362 e. The van der Waals surface area contributed by atoms with Crippen LogP contribution in [0.25, 0.3) is 11.0 Å². The van der Waals surface area contributed by atoms with Gasteiger partial charge in [0, 0.05) is 26.7 Å². The molecule has 0 saturated heterocycles. The third-order valence-corrected chi connectivity index (χ3v) is 2.62. The lowest BCUT2D eigenvalue weighted by molar-refractivity contribution is 0.754. The van der Waals surface area contributed by atoms with E-state index in [4.69, 9.17) is 0 Å². The highest BCUT2D eigenvalue weighted by Gasteiger charge is 2.09. The van der Waals surface area contributed by atoms with Crippen LogP contribution in [0.2, 0.25) is 0 Å². The van der Waals surface area contributed by atoms with E-state index < -0.39 is 0 Å². The number of aryl methyl sites for hydroxylation is 1. The topological polar surface area (TPSA) is 44.8 Å². The van der Waals surface area contributed by atoms with Crippen molar-refractivity contribution >= 4 is 16.9 Å². The van der Waals surface area contributed by atoms with Crippen LogP contribution >= 0.6 is 0 Å². The summed E-state index contributed by atoms with van der Waals surface area (Å²) in [7, 11) is 4.02. The van der Waals surface area contributed by atoms with Gasteiger partial charge in [-0.05, 0) is 12.5 Å². The SMILES string of the molecule is CCCCc1nc(N(C)C)c2cc[nH]c2n1. The molecule has 0 bridgehead atoms. The first-order valence-electron chi connectivity index (χ1n) is 5.73. The van der Waals surface area contributed by atoms with Crippen LogP contribution in [0.1, 0.15) is 25.6 Å². The summed E-state index contributed by atoms with van der Waals surface area (Å²) in [6, 6.07) is 2.02. The summed E-state index contributed by atoms with van der Waals surface area (Å²) in [6.07, 6.45) is 5.17. The number of aromatic amines is 1. The van der Waals surface area contributed by atoms with Gasteiger partial charge in [0.25, 0.3) is 0 Å². The molecular formula is C12H18N4. The molecule has 0 aliphatic rings. The zero-order valence-corrected chi connectivity index (χ0v) is 10.1. The van der Waals surface area contributed by atoms with E-state index in [1.165, 1.54) is 6.42 Å². The Balaban J connectivity index is 2.44. The summed E-state index contributed by atoms with van der Waals surface area (Å²) < 4.78 is 0. The zero-order valence-electron chi connectivity index (χ0n) is 10.1. The molecule has 2 heterocycles. The number of nitrogens with one attached hydrogen (secondary N) is 1. The Morgan fingerprint density at radius 2 is 2.12 bits per heavy atom. The predicted octanol–water partition coefficient (Wildman–Crippen LogP) is 2.37. The first-order valence-corrected chi connectivity index (χ1v) is 5.73. The van der Waals surface area contributed by atoms with E-state index >= 15 is 0 Å². The van der Waals surface area contributed by atoms with Gasteiger partial charge in [-0.2, -0.15) is 0 Å². The van der Waals surface area contributed by atoms with Crippen LogP contribution in [0.3, 0.4) is 0 Å². The van der Waals surface area contributed by atoms with Gasteiger partial charge in [0.2, 0.25) is 0 Å². The van der Waals surface area contributed by atoms with Crippen molar-refractivity contribution in [2.24, 2.45) is 0 Å². The maximum Gasteiger partial charge on any atom is 0.143 e. The van der Waals surface area contributed by atoms with Crippen molar-refractivity contribution in [3.8, 4) is 0 Å². The van der Waals surface area contributed by atoms with Crippen LogP contribution in [0.15, 0.2) is 12.3 Å². The number of nitrogens with zero attached hydrogens (tertiary/aromatic N) is 3. The Morgan fingerprint density at radius 1 is 1.31 bits per heavy atom. The lowest BCUT2D eigenvalue weighted by Gasteiger charge is -2.13. The summed E-state index contributed by atoms with van der Waals surface area (Å²) in [4.78, 5) is 14.3. The summed E-state index contributed by atoms with van der Waals surface area (Å²) in [5.41, 5.74) is 0.935. The second-order valence-electron chi connectivity index (χ2n) is 4.20. The van der Waals surface area contributed by atoms with Gasteiger partial charge in [0.1, 0.15) is 17.3 Å². The Kier molecular flexibility index (Phi) is 3.08. The highest BCUT2D eigenvalue weighted by atomic mass is 15.2. The number of fused-ring (bicyclic) bond motifs is 1. The number of aromatic nitrogens is 3. The zero-order chi connectivity index (χ0) is 11.5. The normalized spacial score (nSPS) is 10.9. The van der Waals surface area contributed by atoms with E-state index in [9.17, 15) is 0 Å². The summed E-state index contributed by atoms with van der Waals surface area (Å²) >= 11 is 0. The van der Waals surface area contributed by atoms with Gasteiger partial charge < -0.3 is 9.88 Å². The third kappa shape index (κ3) is 2.01. The molecule has 0 radical (unpaired) electrons. The molecule has 0 aliphatic heterocycles. The summed E-state index contributed by atoms with van der Waals surface area (Å²) in [6.45, 7) is 2.18. The molecule has 0 unspecified atom stereocenters. The van der Waals surface area contributed by atoms with Gasteiger partial charge in [-0.1, -0.05) is 13.3 Å². The molecule has 2 rings (SSSR count). The van der Waals surface area contributed by atoms with Gasteiger partial charge in [-0.25, -0.2) is 9.97 Å². The molecule has 0 aliphatic carbocycles. The molecule has 4 nitrogen and oxygen atoms in total. The molecule has 0 spiro atoms. The van der Waals surface area contributed by atoms with E-state index in [1.54, 1.807) is 0 Å². The van der Waals surface area contributed by atoms with Crippen LogP contribution in [0.4, 0.5) is 5.82 Å². The molecule has 4 heteroatoms. The average molecular weight is 218 g/mol. The lowest BCUT2D eigenvalue weighted by atomic mass is 10.2. The van der Waals surface area contributed by atoms with E-state index in [-0.39, 0.29) is 0 Å². The van der Waals surface area contributed by atoms with E-state index in [2.05, 4.69) is 21.9 Å². The minimum Gasteiger partial charge on any atom is -0.362 e. The van der Waals surface area contributed by atoms with Gasteiger partial charge >= 0.3 is 0 Å². The van der Waals surface area contributed by atoms with E-state index in [0.717, 1.165) is 35.5 Å². The fraction of sp³-hybridized carbons (Fsp3) is 0.500. The van der Waals surface area contributed by atoms with Crippen molar-refractivity contribution in [2.75, 3.05) is 19.0 Å². The van der Waals surface area contributed by atoms with Gasteiger partial charge in [-0.3, -0.25) is 0 Å². The average Bonchev–Trinajstić information content (AvgIpc) is 2.72. The van der Waals surface area contributed by atoms with Crippen LogP contribution < -0.4 is 4.90 Å². The second-order valence-corrected chi connectivity index (χ2v) is 4.20. The Bertz CT molecular complexity index is 473. The van der Waals surface area contributed by atoms with Crippen LogP contribution in [0, 0.1) is 0 Å². The molecule has 0 aromatic carbocycles. The number of H-pyrrole nitrogens is 1. The van der Waals surface area contributed by atoms with Crippen molar-refractivity contribution < 1.29 is 0 Å². The molecule has 0 fully saturated rings. The number of anilines is 1. The first kappa shape index (κ1) is 10.9. The molecule has 16 heavy (non-hydrogen) atoms. The predicted molar refractivity (Wildman–Crippen MR) is 66.8 cm³/mol. The molecule has 0 saturated carbocycles. The molecule has 2 aromatic heterocycles. The number of unbranched alkanes of at least 4 members (excludes halogenated alkanes) is 1. The molecule has 2 aromatic rings. The number of hydrogen-bond acceptors (Lipinski definition) is 3. The Morgan fingerprint density at radius 3 is 2.81 bits per heavy atom. The quantitative estimate of drug-likeness (QED) is 0.856. The Hall–Kier alpha value is -1.58. The summed E-state index contributed by atoms with van der Waals surface area (Å²) in [5.74, 6) is 1.93. The maximum absolute atomic E-state index is 4.60.